The second-order valence-corrected chi connectivity index (χ2v) is 7.00. The molecule has 5 heteroatoms. The van der Waals surface area contributed by atoms with Crippen LogP contribution in [0.1, 0.15) is 48.7 Å². The molecule has 1 aliphatic heterocycles. The first-order valence-corrected chi connectivity index (χ1v) is 9.52. The highest BCUT2D eigenvalue weighted by Gasteiger charge is 2.21. The molecule has 5 nitrogen and oxygen atoms in total. The highest BCUT2D eigenvalue weighted by atomic mass is 16.2. The molecule has 0 aromatic heterocycles. The minimum Gasteiger partial charge on any atom is -0.375 e. The summed E-state index contributed by atoms with van der Waals surface area (Å²) < 4.78 is 0. The molecule has 1 heterocycles. The van der Waals surface area contributed by atoms with E-state index in [2.05, 4.69) is 17.1 Å². The summed E-state index contributed by atoms with van der Waals surface area (Å²) in [6.45, 7) is 5.76. The van der Waals surface area contributed by atoms with Crippen molar-refractivity contribution in [3.05, 3.63) is 59.7 Å². The predicted octanol–water partition coefficient (Wildman–Crippen LogP) is 3.76. The SMILES string of the molecule is CCN(C)c1ccc(C(=O)NC(C)c2ccc(N3CCCC3=O)cc2)cc1. The van der Waals surface area contributed by atoms with Gasteiger partial charge in [-0.3, -0.25) is 9.59 Å². The van der Waals surface area contributed by atoms with Crippen LogP contribution in [0.2, 0.25) is 0 Å². The number of carbonyl (C=O) groups is 2. The van der Waals surface area contributed by atoms with Crippen molar-refractivity contribution in [2.75, 3.05) is 29.9 Å². The van der Waals surface area contributed by atoms with Crippen LogP contribution in [0.4, 0.5) is 11.4 Å². The van der Waals surface area contributed by atoms with Crippen LogP contribution in [0.3, 0.4) is 0 Å². The molecule has 0 saturated carbocycles. The maximum absolute atomic E-state index is 12.5. The summed E-state index contributed by atoms with van der Waals surface area (Å²) >= 11 is 0. The summed E-state index contributed by atoms with van der Waals surface area (Å²) in [7, 11) is 2.02. The fourth-order valence-corrected chi connectivity index (χ4v) is 3.28. The van der Waals surface area contributed by atoms with Crippen LogP contribution in [-0.2, 0) is 4.79 Å². The lowest BCUT2D eigenvalue weighted by Gasteiger charge is -2.19. The van der Waals surface area contributed by atoms with Gasteiger partial charge in [-0.2, -0.15) is 0 Å². The van der Waals surface area contributed by atoms with Crippen LogP contribution in [0.25, 0.3) is 0 Å². The topological polar surface area (TPSA) is 52.7 Å². The van der Waals surface area contributed by atoms with E-state index in [1.165, 1.54) is 0 Å². The van der Waals surface area contributed by atoms with Gasteiger partial charge in [-0.05, 0) is 62.2 Å². The summed E-state index contributed by atoms with van der Waals surface area (Å²) in [4.78, 5) is 28.3. The average Bonchev–Trinajstić information content (AvgIpc) is 3.13. The minimum atomic E-state index is -0.112. The largest absolute Gasteiger partial charge is 0.375 e. The van der Waals surface area contributed by atoms with Crippen LogP contribution in [0.15, 0.2) is 48.5 Å². The molecule has 1 saturated heterocycles. The average molecular weight is 365 g/mol. The van der Waals surface area contributed by atoms with Gasteiger partial charge < -0.3 is 15.1 Å². The summed E-state index contributed by atoms with van der Waals surface area (Å²) in [6.07, 6.45) is 1.54. The lowest BCUT2D eigenvalue weighted by molar-refractivity contribution is -0.117. The fourth-order valence-electron chi connectivity index (χ4n) is 3.28. The van der Waals surface area contributed by atoms with Crippen LogP contribution in [0, 0.1) is 0 Å². The zero-order valence-corrected chi connectivity index (χ0v) is 16.2. The van der Waals surface area contributed by atoms with Gasteiger partial charge in [-0.1, -0.05) is 12.1 Å². The molecule has 1 unspecified atom stereocenters. The van der Waals surface area contributed by atoms with Gasteiger partial charge in [0.05, 0.1) is 6.04 Å². The van der Waals surface area contributed by atoms with E-state index in [0.29, 0.717) is 12.0 Å². The van der Waals surface area contributed by atoms with Crippen molar-refractivity contribution in [2.45, 2.75) is 32.7 Å². The van der Waals surface area contributed by atoms with Crippen molar-refractivity contribution in [1.82, 2.24) is 5.32 Å². The number of benzene rings is 2. The molecule has 1 N–H and O–H groups in total. The monoisotopic (exact) mass is 365 g/mol. The molecule has 142 valence electrons. The van der Waals surface area contributed by atoms with Gasteiger partial charge in [0, 0.05) is 43.5 Å². The van der Waals surface area contributed by atoms with Crippen LogP contribution in [0.5, 0.6) is 0 Å². The van der Waals surface area contributed by atoms with Gasteiger partial charge in [0.1, 0.15) is 0 Å². The Morgan fingerprint density at radius 2 is 1.81 bits per heavy atom. The third-order valence-corrected chi connectivity index (χ3v) is 5.17. The van der Waals surface area contributed by atoms with E-state index >= 15 is 0 Å². The van der Waals surface area contributed by atoms with Crippen molar-refractivity contribution >= 4 is 23.2 Å². The third-order valence-electron chi connectivity index (χ3n) is 5.17. The van der Waals surface area contributed by atoms with Gasteiger partial charge in [0.15, 0.2) is 0 Å². The first kappa shape index (κ1) is 19.0. The molecule has 1 aliphatic rings. The van der Waals surface area contributed by atoms with E-state index in [4.69, 9.17) is 0 Å². The van der Waals surface area contributed by atoms with Crippen LogP contribution >= 0.6 is 0 Å². The first-order chi connectivity index (χ1) is 13.0. The van der Waals surface area contributed by atoms with Gasteiger partial charge in [-0.25, -0.2) is 0 Å². The van der Waals surface area contributed by atoms with Crippen molar-refractivity contribution in [3.63, 3.8) is 0 Å². The summed E-state index contributed by atoms with van der Waals surface area (Å²) in [6, 6.07) is 15.4. The molecule has 27 heavy (non-hydrogen) atoms. The zero-order chi connectivity index (χ0) is 19.4. The highest BCUT2D eigenvalue weighted by Crippen LogP contribution is 2.24. The Hall–Kier alpha value is -2.82. The molecule has 0 bridgehead atoms. The van der Waals surface area contributed by atoms with Gasteiger partial charge in [0.2, 0.25) is 5.91 Å². The number of hydrogen-bond acceptors (Lipinski definition) is 3. The number of carbonyl (C=O) groups excluding carboxylic acids is 2. The smallest absolute Gasteiger partial charge is 0.251 e. The lowest BCUT2D eigenvalue weighted by Crippen LogP contribution is -2.27. The van der Waals surface area contributed by atoms with Gasteiger partial charge in [0.25, 0.3) is 5.91 Å². The number of nitrogens with zero attached hydrogens (tertiary/aromatic N) is 2. The third kappa shape index (κ3) is 4.30. The number of hydrogen-bond donors (Lipinski definition) is 1. The molecule has 2 aromatic carbocycles. The summed E-state index contributed by atoms with van der Waals surface area (Å²) in [5, 5.41) is 3.04. The maximum atomic E-state index is 12.5. The zero-order valence-electron chi connectivity index (χ0n) is 16.2. The highest BCUT2D eigenvalue weighted by molar-refractivity contribution is 5.95. The van der Waals surface area contributed by atoms with Gasteiger partial charge >= 0.3 is 0 Å². The molecule has 1 fully saturated rings. The van der Waals surface area contributed by atoms with E-state index in [9.17, 15) is 9.59 Å². The standard InChI is InChI=1S/C22H27N3O2/c1-4-24(3)19-11-9-18(10-12-19)22(27)23-16(2)17-7-13-20(14-8-17)25-15-5-6-21(25)26/h7-14,16H,4-6,15H2,1-3H3,(H,23,27). The number of anilines is 2. The molecule has 0 spiro atoms. The molecule has 2 aromatic rings. The number of amides is 2. The molecular formula is C22H27N3O2. The second kappa shape index (κ2) is 8.25. The quantitative estimate of drug-likeness (QED) is 0.848. The minimum absolute atomic E-state index is 0.0907. The van der Waals surface area contributed by atoms with E-state index < -0.39 is 0 Å². The summed E-state index contributed by atoms with van der Waals surface area (Å²) in [5.41, 5.74) is 3.68. The first-order valence-electron chi connectivity index (χ1n) is 9.52. The van der Waals surface area contributed by atoms with Crippen molar-refractivity contribution in [3.8, 4) is 0 Å². The molecule has 0 radical (unpaired) electrons. The van der Waals surface area contributed by atoms with Gasteiger partial charge in [-0.15, -0.1) is 0 Å². The second-order valence-electron chi connectivity index (χ2n) is 7.00. The van der Waals surface area contributed by atoms with E-state index in [-0.39, 0.29) is 17.9 Å². The normalized spacial score (nSPS) is 14.9. The van der Waals surface area contributed by atoms with Crippen LogP contribution in [-0.4, -0.2) is 32.0 Å². The fraction of sp³-hybridized carbons (Fsp3) is 0.364. The molecular weight excluding hydrogens is 338 g/mol. The number of rotatable bonds is 6. The van der Waals surface area contributed by atoms with E-state index in [1.807, 2.05) is 67.4 Å². The Morgan fingerprint density at radius 1 is 1.15 bits per heavy atom. The van der Waals surface area contributed by atoms with Crippen LogP contribution < -0.4 is 15.1 Å². The Bertz CT molecular complexity index is 799. The Kier molecular flexibility index (Phi) is 5.79. The molecule has 3 rings (SSSR count). The lowest BCUT2D eigenvalue weighted by atomic mass is 10.1. The van der Waals surface area contributed by atoms with Crippen molar-refractivity contribution in [2.24, 2.45) is 0 Å². The Morgan fingerprint density at radius 3 is 2.37 bits per heavy atom. The molecule has 1 atom stereocenters. The van der Waals surface area contributed by atoms with E-state index in [1.54, 1.807) is 0 Å². The van der Waals surface area contributed by atoms with Crippen molar-refractivity contribution in [1.29, 1.82) is 0 Å². The number of nitrogens with one attached hydrogen (secondary N) is 1. The Labute approximate surface area is 161 Å². The molecule has 2 amide bonds. The van der Waals surface area contributed by atoms with E-state index in [0.717, 1.165) is 36.4 Å². The van der Waals surface area contributed by atoms with Crippen molar-refractivity contribution < 1.29 is 9.59 Å². The predicted molar refractivity (Wildman–Crippen MR) is 109 cm³/mol. The molecule has 0 aliphatic carbocycles. The Balaban J connectivity index is 1.63. The maximum Gasteiger partial charge on any atom is 0.251 e. The summed E-state index contributed by atoms with van der Waals surface area (Å²) in [5.74, 6) is 0.0910.